The zero-order valence-electron chi connectivity index (χ0n) is 9.95. The molecule has 3 heterocycles. The standard InChI is InChI=1S/C13H11N3S3/c14-11-5-15-3-1-12(11)18-7-10-8-19-13(16-10)9-2-4-17-6-9/h1-6,8H,7,14H2. The van der Waals surface area contributed by atoms with Crippen molar-refractivity contribution >= 4 is 40.1 Å². The topological polar surface area (TPSA) is 51.8 Å². The van der Waals surface area contributed by atoms with E-state index in [1.54, 1.807) is 46.8 Å². The molecular weight excluding hydrogens is 294 g/mol. The molecule has 0 radical (unpaired) electrons. The van der Waals surface area contributed by atoms with Crippen LogP contribution in [0, 0.1) is 0 Å². The van der Waals surface area contributed by atoms with Crippen molar-refractivity contribution in [2.75, 3.05) is 5.73 Å². The molecule has 3 aromatic heterocycles. The summed E-state index contributed by atoms with van der Waals surface area (Å²) in [7, 11) is 0. The van der Waals surface area contributed by atoms with Crippen LogP contribution in [0.2, 0.25) is 0 Å². The fourth-order valence-electron chi connectivity index (χ4n) is 1.57. The number of nitrogens with two attached hydrogens (primary N) is 1. The maximum absolute atomic E-state index is 5.87. The zero-order valence-corrected chi connectivity index (χ0v) is 12.4. The molecule has 0 aromatic carbocycles. The van der Waals surface area contributed by atoms with Crippen LogP contribution >= 0.6 is 34.4 Å². The molecule has 0 bridgehead atoms. The molecule has 0 saturated carbocycles. The predicted molar refractivity (Wildman–Crippen MR) is 83.6 cm³/mol. The molecule has 96 valence electrons. The van der Waals surface area contributed by atoms with Gasteiger partial charge in [-0.25, -0.2) is 4.98 Å². The number of thiazole rings is 1. The summed E-state index contributed by atoms with van der Waals surface area (Å²) >= 11 is 5.07. The van der Waals surface area contributed by atoms with Crippen molar-refractivity contribution in [2.45, 2.75) is 10.6 Å². The van der Waals surface area contributed by atoms with Gasteiger partial charge in [0.15, 0.2) is 0 Å². The van der Waals surface area contributed by atoms with Gasteiger partial charge in [0.1, 0.15) is 5.01 Å². The van der Waals surface area contributed by atoms with Crippen LogP contribution in [-0.2, 0) is 5.75 Å². The zero-order chi connectivity index (χ0) is 13.1. The van der Waals surface area contributed by atoms with Crippen LogP contribution in [0.1, 0.15) is 5.69 Å². The number of anilines is 1. The molecule has 19 heavy (non-hydrogen) atoms. The molecule has 0 spiro atoms. The van der Waals surface area contributed by atoms with E-state index in [2.05, 4.69) is 32.2 Å². The Labute approximate surface area is 123 Å². The van der Waals surface area contributed by atoms with Crippen molar-refractivity contribution in [3.63, 3.8) is 0 Å². The molecule has 0 aliphatic heterocycles. The molecule has 6 heteroatoms. The summed E-state index contributed by atoms with van der Waals surface area (Å²) in [6.07, 6.45) is 3.44. The molecular formula is C13H11N3S3. The first-order valence-corrected chi connectivity index (χ1v) is 8.43. The second kappa shape index (κ2) is 5.73. The summed E-state index contributed by atoms with van der Waals surface area (Å²) in [5.74, 6) is 0.828. The van der Waals surface area contributed by atoms with E-state index in [1.807, 2.05) is 6.07 Å². The van der Waals surface area contributed by atoms with Gasteiger partial charge in [-0.3, -0.25) is 4.98 Å². The Bertz CT molecular complexity index is 661. The van der Waals surface area contributed by atoms with Gasteiger partial charge in [0.05, 0.1) is 17.6 Å². The SMILES string of the molecule is Nc1cnccc1SCc1csc(-c2ccsc2)n1. The van der Waals surface area contributed by atoms with Gasteiger partial charge in [-0.15, -0.1) is 23.1 Å². The fraction of sp³-hybridized carbons (Fsp3) is 0.0769. The number of thioether (sulfide) groups is 1. The van der Waals surface area contributed by atoms with Crippen LogP contribution in [0.25, 0.3) is 10.6 Å². The van der Waals surface area contributed by atoms with Crippen LogP contribution in [0.4, 0.5) is 5.69 Å². The highest BCUT2D eigenvalue weighted by atomic mass is 32.2. The molecule has 0 atom stereocenters. The largest absolute Gasteiger partial charge is 0.397 e. The third-order valence-electron chi connectivity index (χ3n) is 2.51. The highest BCUT2D eigenvalue weighted by molar-refractivity contribution is 7.98. The summed E-state index contributed by atoms with van der Waals surface area (Å²) in [5, 5.41) is 7.39. The Balaban J connectivity index is 1.70. The highest BCUT2D eigenvalue weighted by Crippen LogP contribution is 2.30. The van der Waals surface area contributed by atoms with Crippen LogP contribution in [0.5, 0.6) is 0 Å². The van der Waals surface area contributed by atoms with Crippen LogP contribution in [-0.4, -0.2) is 9.97 Å². The molecule has 0 aliphatic rings. The number of pyridine rings is 1. The number of hydrogen-bond acceptors (Lipinski definition) is 6. The first kappa shape index (κ1) is 12.7. The molecule has 0 aliphatic carbocycles. The van der Waals surface area contributed by atoms with E-state index in [1.165, 1.54) is 5.56 Å². The Morgan fingerprint density at radius 2 is 2.21 bits per heavy atom. The first-order valence-electron chi connectivity index (χ1n) is 5.62. The predicted octanol–water partition coefficient (Wildman–Crippen LogP) is 4.14. The molecule has 3 nitrogen and oxygen atoms in total. The Kier molecular flexibility index (Phi) is 3.82. The molecule has 0 fully saturated rings. The van der Waals surface area contributed by atoms with Crippen molar-refractivity contribution in [3.8, 4) is 10.6 Å². The van der Waals surface area contributed by atoms with Crippen molar-refractivity contribution < 1.29 is 0 Å². The van der Waals surface area contributed by atoms with E-state index in [0.717, 1.165) is 27.0 Å². The van der Waals surface area contributed by atoms with E-state index in [0.29, 0.717) is 0 Å². The van der Waals surface area contributed by atoms with Gasteiger partial charge in [0.25, 0.3) is 0 Å². The second-order valence-electron chi connectivity index (χ2n) is 3.86. The Hall–Kier alpha value is -1.37. The maximum atomic E-state index is 5.87. The van der Waals surface area contributed by atoms with Crippen molar-refractivity contribution in [3.05, 3.63) is 46.4 Å². The molecule has 0 amide bonds. The van der Waals surface area contributed by atoms with Crippen molar-refractivity contribution in [1.29, 1.82) is 0 Å². The maximum Gasteiger partial charge on any atom is 0.124 e. The lowest BCUT2D eigenvalue weighted by atomic mass is 10.4. The normalized spacial score (nSPS) is 10.7. The van der Waals surface area contributed by atoms with Crippen LogP contribution in [0.3, 0.4) is 0 Å². The summed E-state index contributed by atoms with van der Waals surface area (Å²) in [5.41, 5.74) is 8.88. The average Bonchev–Trinajstić information content (AvgIpc) is 3.09. The van der Waals surface area contributed by atoms with E-state index in [9.17, 15) is 0 Å². The quantitative estimate of drug-likeness (QED) is 0.736. The number of thiophene rings is 1. The second-order valence-corrected chi connectivity index (χ2v) is 6.51. The third kappa shape index (κ3) is 2.97. The molecule has 3 rings (SSSR count). The third-order valence-corrected chi connectivity index (χ3v) is 5.25. The lowest BCUT2D eigenvalue weighted by Crippen LogP contribution is -1.90. The van der Waals surface area contributed by atoms with Crippen molar-refractivity contribution in [1.82, 2.24) is 9.97 Å². The monoisotopic (exact) mass is 305 g/mol. The van der Waals surface area contributed by atoms with E-state index in [-0.39, 0.29) is 0 Å². The molecule has 0 unspecified atom stereocenters. The van der Waals surface area contributed by atoms with E-state index in [4.69, 9.17) is 5.73 Å². The number of nitrogens with zero attached hydrogens (tertiary/aromatic N) is 2. The van der Waals surface area contributed by atoms with Gasteiger partial charge in [-0.2, -0.15) is 11.3 Å². The van der Waals surface area contributed by atoms with Crippen LogP contribution in [0.15, 0.2) is 45.6 Å². The lowest BCUT2D eigenvalue weighted by Gasteiger charge is -2.02. The van der Waals surface area contributed by atoms with Gasteiger partial charge in [-0.05, 0) is 17.5 Å². The summed E-state index contributed by atoms with van der Waals surface area (Å²) < 4.78 is 0. The summed E-state index contributed by atoms with van der Waals surface area (Å²) in [6.45, 7) is 0. The van der Waals surface area contributed by atoms with Gasteiger partial charge < -0.3 is 5.73 Å². The van der Waals surface area contributed by atoms with Crippen LogP contribution < -0.4 is 5.73 Å². The Morgan fingerprint density at radius 1 is 1.26 bits per heavy atom. The average molecular weight is 305 g/mol. The molecule has 2 N–H and O–H groups in total. The van der Waals surface area contributed by atoms with E-state index >= 15 is 0 Å². The lowest BCUT2D eigenvalue weighted by molar-refractivity contribution is 1.22. The highest BCUT2D eigenvalue weighted by Gasteiger charge is 2.06. The Morgan fingerprint density at radius 3 is 3.00 bits per heavy atom. The van der Waals surface area contributed by atoms with Gasteiger partial charge in [-0.1, -0.05) is 0 Å². The number of aromatic nitrogens is 2. The van der Waals surface area contributed by atoms with Crippen molar-refractivity contribution in [2.24, 2.45) is 0 Å². The van der Waals surface area contributed by atoms with E-state index < -0.39 is 0 Å². The molecule has 3 aromatic rings. The van der Waals surface area contributed by atoms with Gasteiger partial charge in [0.2, 0.25) is 0 Å². The number of rotatable bonds is 4. The summed E-state index contributed by atoms with van der Waals surface area (Å²) in [4.78, 5) is 9.69. The minimum Gasteiger partial charge on any atom is -0.397 e. The smallest absolute Gasteiger partial charge is 0.124 e. The minimum absolute atomic E-state index is 0.723. The molecule has 0 saturated heterocycles. The summed E-state index contributed by atoms with van der Waals surface area (Å²) in [6, 6.07) is 4.04. The fourth-order valence-corrected chi connectivity index (χ4v) is 4.03. The number of nitrogen functional groups attached to an aromatic ring is 1. The van der Waals surface area contributed by atoms with Gasteiger partial charge in [0, 0.05) is 33.2 Å². The number of hydrogen-bond donors (Lipinski definition) is 1. The van der Waals surface area contributed by atoms with Gasteiger partial charge >= 0.3 is 0 Å². The minimum atomic E-state index is 0.723. The first-order chi connectivity index (χ1) is 9.33.